The van der Waals surface area contributed by atoms with E-state index in [0.29, 0.717) is 6.07 Å². The fraction of sp³-hybridized carbons (Fsp3) is 0.0714. The van der Waals surface area contributed by atoms with Crippen molar-refractivity contribution in [3.63, 3.8) is 0 Å². The van der Waals surface area contributed by atoms with E-state index in [0.717, 1.165) is 18.2 Å². The van der Waals surface area contributed by atoms with Crippen LogP contribution in [0.25, 0.3) is 0 Å². The summed E-state index contributed by atoms with van der Waals surface area (Å²) in [4.78, 5) is 36.5. The van der Waals surface area contributed by atoms with Gasteiger partial charge in [0, 0.05) is 36.5 Å². The molecule has 1 aromatic carbocycles. The van der Waals surface area contributed by atoms with Crippen LogP contribution in [-0.2, 0) is 11.3 Å². The van der Waals surface area contributed by atoms with Crippen molar-refractivity contribution in [3.05, 3.63) is 69.6 Å². The summed E-state index contributed by atoms with van der Waals surface area (Å²) < 4.78 is 30.5. The summed E-state index contributed by atoms with van der Waals surface area (Å²) in [5, 5.41) is 2.14. The van der Waals surface area contributed by atoms with Gasteiger partial charge in [-0.2, -0.15) is 0 Å². The van der Waals surface area contributed by atoms with Gasteiger partial charge in [-0.05, 0) is 6.07 Å². The molecule has 2 N–H and O–H groups in total. The molecule has 1 aromatic heterocycles. The lowest BCUT2D eigenvalue weighted by Crippen LogP contribution is -2.27. The lowest BCUT2D eigenvalue weighted by atomic mass is 10.2. The summed E-state index contributed by atoms with van der Waals surface area (Å²) >= 11 is 0. The van der Waals surface area contributed by atoms with E-state index < -0.39 is 29.1 Å². The number of aromatic amines is 1. The molecule has 0 aliphatic heterocycles. The number of carbonyl (C=O) groups is 2. The van der Waals surface area contributed by atoms with Gasteiger partial charge in [-0.1, -0.05) is 6.07 Å². The van der Waals surface area contributed by atoms with Crippen molar-refractivity contribution in [1.82, 2.24) is 10.3 Å². The molecule has 0 fully saturated rings. The normalized spacial score (nSPS) is 10.1. The quantitative estimate of drug-likeness (QED) is 0.667. The number of H-pyrrole nitrogens is 1. The Kier molecular flexibility index (Phi) is 4.62. The van der Waals surface area contributed by atoms with Gasteiger partial charge in [-0.25, -0.2) is 18.4 Å². The van der Waals surface area contributed by atoms with E-state index in [1.54, 1.807) is 0 Å². The zero-order chi connectivity index (χ0) is 16.1. The van der Waals surface area contributed by atoms with Crippen molar-refractivity contribution >= 4 is 12.1 Å². The van der Waals surface area contributed by atoms with E-state index in [4.69, 9.17) is 0 Å². The Bertz CT molecular complexity index is 773. The van der Waals surface area contributed by atoms with Crippen LogP contribution in [0, 0.1) is 11.6 Å². The molecule has 114 valence electrons. The maximum absolute atomic E-state index is 13.3. The number of hydrogen-bond donors (Lipinski definition) is 2. The smallest absolute Gasteiger partial charge is 0.371 e. The van der Waals surface area contributed by atoms with Crippen LogP contribution in [0.1, 0.15) is 16.1 Å². The highest BCUT2D eigenvalue weighted by Crippen LogP contribution is 2.09. The van der Waals surface area contributed by atoms with Crippen LogP contribution in [0.5, 0.6) is 0 Å². The minimum atomic E-state index is -1.13. The highest BCUT2D eigenvalue weighted by molar-refractivity contribution is 5.94. The molecule has 2 rings (SSSR count). The largest absolute Gasteiger partial charge is 0.415 e. The second-order valence-electron chi connectivity index (χ2n) is 4.20. The zero-order valence-electron chi connectivity index (χ0n) is 11.1. The molecular weight excluding hydrogens is 298 g/mol. The molecule has 22 heavy (non-hydrogen) atoms. The van der Waals surface area contributed by atoms with Crippen molar-refractivity contribution in [1.29, 1.82) is 0 Å². The minimum absolute atomic E-state index is 0.0268. The van der Waals surface area contributed by atoms with Gasteiger partial charge in [-0.15, -0.1) is 0 Å². The molecule has 0 saturated carbocycles. The van der Waals surface area contributed by atoms with Crippen LogP contribution in [0.3, 0.4) is 0 Å². The molecule has 0 atom stereocenters. The molecule has 8 heteroatoms. The minimum Gasteiger partial charge on any atom is -0.371 e. The molecule has 0 aliphatic carbocycles. The Labute approximate surface area is 122 Å². The summed E-state index contributed by atoms with van der Waals surface area (Å²) in [6.45, 7) is -0.288. The predicted octanol–water partition coefficient (Wildman–Crippen LogP) is 1.72. The maximum Gasteiger partial charge on any atom is 0.415 e. The molecular formula is C14H10F2N2O4. The molecule has 0 aliphatic rings. The van der Waals surface area contributed by atoms with Gasteiger partial charge < -0.3 is 15.0 Å². The number of aromatic nitrogens is 1. The molecule has 1 amide bonds. The second-order valence-corrected chi connectivity index (χ2v) is 4.20. The van der Waals surface area contributed by atoms with E-state index in [2.05, 4.69) is 15.0 Å². The second kappa shape index (κ2) is 6.61. The van der Waals surface area contributed by atoms with Gasteiger partial charge >= 0.3 is 12.1 Å². The molecule has 0 bridgehead atoms. The fourth-order valence-corrected chi connectivity index (χ4v) is 1.57. The average molecular weight is 308 g/mol. The first-order valence-electron chi connectivity index (χ1n) is 6.08. The van der Waals surface area contributed by atoms with Gasteiger partial charge in [0.1, 0.15) is 17.3 Å². The number of rotatable bonds is 3. The molecule has 0 unspecified atom stereocenters. The third kappa shape index (κ3) is 3.98. The van der Waals surface area contributed by atoms with Crippen LogP contribution in [0.15, 0.2) is 41.3 Å². The molecule has 0 spiro atoms. The Hall–Kier alpha value is -3.03. The topological polar surface area (TPSA) is 88.3 Å². The molecule has 6 nitrogen and oxygen atoms in total. The number of halogens is 2. The number of benzene rings is 1. The van der Waals surface area contributed by atoms with Gasteiger partial charge in [-0.3, -0.25) is 4.79 Å². The Morgan fingerprint density at radius 3 is 2.64 bits per heavy atom. The standard InChI is InChI=1S/C14H10F2N2O4/c15-9-2-1-8(11(16)5-9)7-18-14(21)22-13(20)12-6-10(19)3-4-17-12/h1-6H,7H2,(H,17,19)(H,18,21). The Balaban J connectivity index is 1.93. The molecule has 0 saturated heterocycles. The van der Waals surface area contributed by atoms with Crippen LogP contribution in [-0.4, -0.2) is 17.0 Å². The van der Waals surface area contributed by atoms with Crippen LogP contribution < -0.4 is 10.7 Å². The van der Waals surface area contributed by atoms with E-state index in [9.17, 15) is 23.2 Å². The van der Waals surface area contributed by atoms with Gasteiger partial charge in [0.25, 0.3) is 0 Å². The first kappa shape index (κ1) is 15.4. The highest BCUT2D eigenvalue weighted by atomic mass is 19.1. The number of pyridine rings is 1. The van der Waals surface area contributed by atoms with Crippen molar-refractivity contribution < 1.29 is 23.1 Å². The van der Waals surface area contributed by atoms with Gasteiger partial charge in [0.05, 0.1) is 0 Å². The number of hydrogen-bond acceptors (Lipinski definition) is 4. The van der Waals surface area contributed by atoms with Crippen molar-refractivity contribution in [2.24, 2.45) is 0 Å². The van der Waals surface area contributed by atoms with Crippen molar-refractivity contribution in [3.8, 4) is 0 Å². The summed E-state index contributed by atoms with van der Waals surface area (Å²) in [5.41, 5.74) is -0.603. The average Bonchev–Trinajstić information content (AvgIpc) is 2.46. The third-order valence-electron chi connectivity index (χ3n) is 2.62. The highest BCUT2D eigenvalue weighted by Gasteiger charge is 2.14. The van der Waals surface area contributed by atoms with E-state index >= 15 is 0 Å². The molecule has 1 heterocycles. The maximum atomic E-state index is 13.3. The van der Waals surface area contributed by atoms with Crippen LogP contribution >= 0.6 is 0 Å². The monoisotopic (exact) mass is 308 g/mol. The van der Waals surface area contributed by atoms with Crippen molar-refractivity contribution in [2.45, 2.75) is 6.54 Å². The first-order valence-corrected chi connectivity index (χ1v) is 6.08. The van der Waals surface area contributed by atoms with Crippen LogP contribution in [0.4, 0.5) is 13.6 Å². The SMILES string of the molecule is O=C(NCc1ccc(F)cc1F)OC(=O)c1cc(=O)cc[nH]1. The lowest BCUT2D eigenvalue weighted by Gasteiger charge is -2.06. The number of alkyl carbamates (subject to hydrolysis) is 1. The summed E-state index contributed by atoms with van der Waals surface area (Å²) in [6, 6.07) is 5.01. The number of carbonyl (C=O) groups excluding carboxylic acids is 2. The Morgan fingerprint density at radius 1 is 1.18 bits per heavy atom. The summed E-state index contributed by atoms with van der Waals surface area (Å²) in [6.07, 6.45) is 0.100. The van der Waals surface area contributed by atoms with Crippen LogP contribution in [0.2, 0.25) is 0 Å². The van der Waals surface area contributed by atoms with E-state index in [1.165, 1.54) is 12.3 Å². The third-order valence-corrected chi connectivity index (χ3v) is 2.62. The van der Waals surface area contributed by atoms with E-state index in [-0.39, 0.29) is 17.8 Å². The van der Waals surface area contributed by atoms with Gasteiger partial charge in [0.2, 0.25) is 0 Å². The molecule has 2 aromatic rings. The summed E-state index contributed by atoms with van der Waals surface area (Å²) in [7, 11) is 0. The fourth-order valence-electron chi connectivity index (χ4n) is 1.57. The molecule has 0 radical (unpaired) electrons. The number of ether oxygens (including phenoxy) is 1. The van der Waals surface area contributed by atoms with E-state index in [1.807, 2.05) is 0 Å². The number of esters is 1. The Morgan fingerprint density at radius 2 is 1.95 bits per heavy atom. The number of nitrogens with one attached hydrogen (secondary N) is 2. The predicted molar refractivity (Wildman–Crippen MR) is 71.1 cm³/mol. The zero-order valence-corrected chi connectivity index (χ0v) is 11.1. The summed E-state index contributed by atoms with van der Waals surface area (Å²) in [5.74, 6) is -2.64. The lowest BCUT2D eigenvalue weighted by molar-refractivity contribution is 0.0615. The first-order chi connectivity index (χ1) is 10.5. The number of amides is 1. The van der Waals surface area contributed by atoms with Gasteiger partial charge in [0.15, 0.2) is 5.43 Å². The van der Waals surface area contributed by atoms with Crippen molar-refractivity contribution in [2.75, 3.05) is 0 Å².